The summed E-state index contributed by atoms with van der Waals surface area (Å²) in [4.78, 5) is 9.64. The van der Waals surface area contributed by atoms with E-state index in [1.807, 2.05) is 60.8 Å². The number of rotatable bonds is 5. The van der Waals surface area contributed by atoms with Crippen molar-refractivity contribution in [3.05, 3.63) is 157 Å². The number of nitrogens with zero attached hydrogens (tertiary/aromatic N) is 4. The first-order valence-corrected chi connectivity index (χ1v) is 16.7. The highest BCUT2D eigenvalue weighted by Gasteiger charge is 2.19. The fraction of sp³-hybridized carbons (Fsp3) is 0.0455. The Morgan fingerprint density at radius 2 is 1.26 bits per heavy atom. The zero-order chi connectivity index (χ0) is 33.3. The molecule has 0 N–H and O–H groups in total. The third-order valence-electron chi connectivity index (χ3n) is 9.69. The standard InChI is InChI=1S/C44H30N4O2/c1-27-10-7-15-35-36-16-8-11-28(2)43(36)47(42(27)35)30-22-23-45-41(25-30)48-38-18-5-3-14-33(38)34-21-20-32(26-39(34)48)49-31-13-9-12-29(24-31)44-46-37-17-4-6-19-40(37)50-44/h3-26H,1-2H3. The molecule has 50 heavy (non-hydrogen) atoms. The third kappa shape index (κ3) is 4.35. The van der Waals surface area contributed by atoms with Crippen LogP contribution in [0.4, 0.5) is 0 Å². The maximum Gasteiger partial charge on any atom is 0.227 e. The monoisotopic (exact) mass is 646 g/mol. The molecule has 238 valence electrons. The molecule has 0 saturated heterocycles. The molecule has 6 nitrogen and oxygen atoms in total. The molecule has 0 aliphatic rings. The minimum absolute atomic E-state index is 0.562. The highest BCUT2D eigenvalue weighted by Crippen LogP contribution is 2.38. The Labute approximate surface area is 287 Å². The molecule has 0 unspecified atom stereocenters. The summed E-state index contributed by atoms with van der Waals surface area (Å²) in [6, 6.07) is 47.8. The second-order valence-electron chi connectivity index (χ2n) is 12.8. The van der Waals surface area contributed by atoms with E-state index in [0.29, 0.717) is 11.6 Å². The molecule has 0 aliphatic carbocycles. The SMILES string of the molecule is Cc1cccc2c3cccc(C)c3n(-c3ccnc(-n4c5ccccc5c5ccc(Oc6cccc(-c7nc8ccccc8o7)c6)cc54)c3)c12. The second-order valence-corrected chi connectivity index (χ2v) is 12.8. The summed E-state index contributed by atoms with van der Waals surface area (Å²) in [6.45, 7) is 4.37. The predicted molar refractivity (Wildman–Crippen MR) is 202 cm³/mol. The van der Waals surface area contributed by atoms with Crippen LogP contribution in [-0.4, -0.2) is 19.1 Å². The quantitative estimate of drug-likeness (QED) is 0.187. The summed E-state index contributed by atoms with van der Waals surface area (Å²) in [6.07, 6.45) is 1.91. The molecule has 0 aliphatic heterocycles. The van der Waals surface area contributed by atoms with E-state index in [9.17, 15) is 0 Å². The number of aromatic nitrogens is 4. The van der Waals surface area contributed by atoms with Crippen LogP contribution in [0.15, 0.2) is 150 Å². The van der Waals surface area contributed by atoms with Gasteiger partial charge in [0.05, 0.1) is 27.8 Å². The molecule has 0 saturated carbocycles. The number of hydrogen-bond acceptors (Lipinski definition) is 4. The number of hydrogen-bond donors (Lipinski definition) is 0. The normalized spacial score (nSPS) is 11.8. The Morgan fingerprint density at radius 1 is 0.560 bits per heavy atom. The van der Waals surface area contributed by atoms with Gasteiger partial charge in [-0.2, -0.15) is 0 Å². The smallest absolute Gasteiger partial charge is 0.227 e. The summed E-state index contributed by atoms with van der Waals surface area (Å²) in [5.41, 5.74) is 10.5. The van der Waals surface area contributed by atoms with Crippen molar-refractivity contribution in [2.75, 3.05) is 0 Å². The average Bonchev–Trinajstić information content (AvgIpc) is 3.83. The number of ether oxygens (including phenoxy) is 1. The highest BCUT2D eigenvalue weighted by molar-refractivity contribution is 6.12. The molecule has 0 radical (unpaired) electrons. The van der Waals surface area contributed by atoms with Gasteiger partial charge in [-0.25, -0.2) is 9.97 Å². The molecule has 10 rings (SSSR count). The Bertz CT molecular complexity index is 2850. The maximum atomic E-state index is 6.51. The average molecular weight is 647 g/mol. The molecule has 4 aromatic heterocycles. The summed E-state index contributed by atoms with van der Waals surface area (Å²) in [5.74, 6) is 2.82. The summed E-state index contributed by atoms with van der Waals surface area (Å²) in [5, 5.41) is 4.79. The van der Waals surface area contributed by atoms with Crippen LogP contribution in [-0.2, 0) is 0 Å². The Kier molecular flexibility index (Phi) is 6.20. The van der Waals surface area contributed by atoms with Gasteiger partial charge in [0, 0.05) is 45.4 Å². The number of fused-ring (bicyclic) bond motifs is 7. The number of para-hydroxylation sites is 5. The van der Waals surface area contributed by atoms with Crippen LogP contribution in [0.25, 0.3) is 77.7 Å². The first kappa shape index (κ1) is 28.4. The van der Waals surface area contributed by atoms with Crippen molar-refractivity contribution in [3.63, 3.8) is 0 Å². The van der Waals surface area contributed by atoms with Crippen molar-refractivity contribution in [1.29, 1.82) is 0 Å². The lowest BCUT2D eigenvalue weighted by atomic mass is 10.1. The van der Waals surface area contributed by atoms with Gasteiger partial charge in [-0.1, -0.05) is 72.8 Å². The van der Waals surface area contributed by atoms with Crippen molar-refractivity contribution in [1.82, 2.24) is 19.1 Å². The Hall–Kier alpha value is -6.66. The maximum absolute atomic E-state index is 6.51. The van der Waals surface area contributed by atoms with E-state index >= 15 is 0 Å². The lowest BCUT2D eigenvalue weighted by Crippen LogP contribution is -2.02. The summed E-state index contributed by atoms with van der Waals surface area (Å²) >= 11 is 0. The van der Waals surface area contributed by atoms with E-state index in [4.69, 9.17) is 14.1 Å². The molecule has 6 heteroatoms. The largest absolute Gasteiger partial charge is 0.457 e. The molecule has 0 atom stereocenters. The lowest BCUT2D eigenvalue weighted by molar-refractivity contribution is 0.483. The first-order chi connectivity index (χ1) is 24.6. The molecule has 0 fully saturated rings. The topological polar surface area (TPSA) is 58.0 Å². The van der Waals surface area contributed by atoms with Gasteiger partial charge in [-0.05, 0) is 79.6 Å². The molecular formula is C44H30N4O2. The van der Waals surface area contributed by atoms with Crippen molar-refractivity contribution in [2.45, 2.75) is 13.8 Å². The zero-order valence-corrected chi connectivity index (χ0v) is 27.5. The van der Waals surface area contributed by atoms with Gasteiger partial charge in [0.1, 0.15) is 22.8 Å². The van der Waals surface area contributed by atoms with Gasteiger partial charge < -0.3 is 13.7 Å². The van der Waals surface area contributed by atoms with E-state index in [0.717, 1.165) is 55.7 Å². The van der Waals surface area contributed by atoms with E-state index in [2.05, 4.69) is 113 Å². The molecule has 0 amide bonds. The van der Waals surface area contributed by atoms with E-state index in [-0.39, 0.29) is 0 Å². The van der Waals surface area contributed by atoms with Crippen LogP contribution in [0.1, 0.15) is 11.1 Å². The lowest BCUT2D eigenvalue weighted by Gasteiger charge is -2.14. The Balaban J connectivity index is 1.11. The van der Waals surface area contributed by atoms with Crippen LogP contribution in [0.5, 0.6) is 11.5 Å². The molecule has 4 heterocycles. The second kappa shape index (κ2) is 10.9. The number of pyridine rings is 1. The number of aryl methyl sites for hydroxylation is 2. The molecule has 0 spiro atoms. The van der Waals surface area contributed by atoms with Crippen LogP contribution >= 0.6 is 0 Å². The van der Waals surface area contributed by atoms with Gasteiger partial charge in [0.25, 0.3) is 0 Å². The van der Waals surface area contributed by atoms with E-state index < -0.39 is 0 Å². The molecule has 10 aromatic rings. The fourth-order valence-electron chi connectivity index (χ4n) is 7.47. The van der Waals surface area contributed by atoms with Crippen molar-refractivity contribution < 1.29 is 9.15 Å². The third-order valence-corrected chi connectivity index (χ3v) is 9.69. The van der Waals surface area contributed by atoms with Gasteiger partial charge >= 0.3 is 0 Å². The van der Waals surface area contributed by atoms with Crippen molar-refractivity contribution >= 4 is 54.7 Å². The molecular weight excluding hydrogens is 617 g/mol. The van der Waals surface area contributed by atoms with Gasteiger partial charge in [-0.3, -0.25) is 4.57 Å². The molecule has 0 bridgehead atoms. The van der Waals surface area contributed by atoms with Crippen molar-refractivity contribution in [3.8, 4) is 34.5 Å². The van der Waals surface area contributed by atoms with Crippen molar-refractivity contribution in [2.24, 2.45) is 0 Å². The number of oxazole rings is 1. The number of benzene rings is 6. The van der Waals surface area contributed by atoms with Gasteiger partial charge in [-0.15, -0.1) is 0 Å². The van der Waals surface area contributed by atoms with E-state index in [1.165, 1.54) is 32.9 Å². The highest BCUT2D eigenvalue weighted by atomic mass is 16.5. The zero-order valence-electron chi connectivity index (χ0n) is 27.5. The van der Waals surface area contributed by atoms with Crippen LogP contribution in [0.2, 0.25) is 0 Å². The predicted octanol–water partition coefficient (Wildman–Crippen LogP) is 11.5. The summed E-state index contributed by atoms with van der Waals surface area (Å²) in [7, 11) is 0. The van der Waals surface area contributed by atoms with Gasteiger partial charge in [0.15, 0.2) is 5.58 Å². The van der Waals surface area contributed by atoms with Crippen LogP contribution in [0.3, 0.4) is 0 Å². The summed E-state index contributed by atoms with van der Waals surface area (Å²) < 4.78 is 17.2. The minimum atomic E-state index is 0.562. The van der Waals surface area contributed by atoms with Crippen LogP contribution in [0, 0.1) is 13.8 Å². The first-order valence-electron chi connectivity index (χ1n) is 16.7. The van der Waals surface area contributed by atoms with Crippen LogP contribution < -0.4 is 4.74 Å². The van der Waals surface area contributed by atoms with Gasteiger partial charge in [0.2, 0.25) is 5.89 Å². The molecule has 6 aromatic carbocycles. The minimum Gasteiger partial charge on any atom is -0.457 e. The Morgan fingerprint density at radius 3 is 2.08 bits per heavy atom. The fourth-order valence-corrected chi connectivity index (χ4v) is 7.47. The van der Waals surface area contributed by atoms with E-state index in [1.54, 1.807) is 0 Å².